The Balaban J connectivity index is 1.26. The summed E-state index contributed by atoms with van der Waals surface area (Å²) in [5.41, 5.74) is 11.5. The van der Waals surface area contributed by atoms with Crippen molar-refractivity contribution in [1.82, 2.24) is 15.0 Å². The molecule has 7 aromatic carbocycles. The summed E-state index contributed by atoms with van der Waals surface area (Å²) in [5, 5.41) is 4.92. The molecule has 234 valence electrons. The molecule has 0 amide bonds. The van der Waals surface area contributed by atoms with Gasteiger partial charge < -0.3 is 0 Å². The van der Waals surface area contributed by atoms with Crippen LogP contribution in [0.2, 0.25) is 0 Å². The molecule has 0 radical (unpaired) electrons. The lowest BCUT2D eigenvalue weighted by Gasteiger charge is -2.18. The summed E-state index contributed by atoms with van der Waals surface area (Å²) in [4.78, 5) is 15.1. The standard InChI is InChI=1S/C47H31N3/c1-3-16-32(17-4-1)43-31-44(50-47(49-43)41-27-12-7-22-36(41)42-28-13-14-29-48-42)34-20-15-21-35(30-34)46-39-25-10-8-23-37(39)45(33-18-5-2-6-19-33)38-24-9-11-26-40(38)46/h1-31H. The number of aromatic nitrogens is 3. The maximum atomic E-state index is 5.26. The lowest BCUT2D eigenvalue weighted by Crippen LogP contribution is -1.98. The summed E-state index contributed by atoms with van der Waals surface area (Å²) in [6, 6.07) is 63.7. The molecule has 0 atom stereocenters. The lowest BCUT2D eigenvalue weighted by atomic mass is 9.85. The predicted octanol–water partition coefficient (Wildman–Crippen LogP) is 12.2. The first kappa shape index (κ1) is 29.4. The van der Waals surface area contributed by atoms with Gasteiger partial charge in [0.1, 0.15) is 0 Å². The fourth-order valence-electron chi connectivity index (χ4n) is 7.09. The van der Waals surface area contributed by atoms with Crippen LogP contribution in [0.25, 0.3) is 89.0 Å². The molecule has 3 heteroatoms. The fraction of sp³-hybridized carbons (Fsp3) is 0. The highest BCUT2D eigenvalue weighted by Gasteiger charge is 2.18. The van der Waals surface area contributed by atoms with Crippen molar-refractivity contribution < 1.29 is 0 Å². The number of nitrogens with zero attached hydrogens (tertiary/aromatic N) is 3. The molecule has 0 aliphatic rings. The monoisotopic (exact) mass is 637 g/mol. The molecule has 0 aliphatic carbocycles. The van der Waals surface area contributed by atoms with Crippen molar-refractivity contribution in [2.24, 2.45) is 0 Å². The first-order valence-electron chi connectivity index (χ1n) is 16.9. The molecule has 0 unspecified atom stereocenters. The number of benzene rings is 7. The van der Waals surface area contributed by atoms with Crippen LogP contribution in [0.3, 0.4) is 0 Å². The second kappa shape index (κ2) is 12.7. The van der Waals surface area contributed by atoms with Crippen LogP contribution < -0.4 is 0 Å². The molecule has 3 nitrogen and oxygen atoms in total. The number of hydrogen-bond acceptors (Lipinski definition) is 3. The van der Waals surface area contributed by atoms with E-state index < -0.39 is 0 Å². The van der Waals surface area contributed by atoms with E-state index in [9.17, 15) is 0 Å². The zero-order chi connectivity index (χ0) is 33.3. The van der Waals surface area contributed by atoms with E-state index in [2.05, 4.69) is 151 Å². The van der Waals surface area contributed by atoms with Crippen LogP contribution in [0.1, 0.15) is 0 Å². The van der Waals surface area contributed by atoms with Crippen LogP contribution in [0.15, 0.2) is 188 Å². The third-order valence-corrected chi connectivity index (χ3v) is 9.35. The zero-order valence-corrected chi connectivity index (χ0v) is 27.2. The fourth-order valence-corrected chi connectivity index (χ4v) is 7.09. The van der Waals surface area contributed by atoms with E-state index in [-0.39, 0.29) is 0 Å². The van der Waals surface area contributed by atoms with Gasteiger partial charge in [0.15, 0.2) is 5.82 Å². The highest BCUT2D eigenvalue weighted by molar-refractivity contribution is 6.21. The Morgan fingerprint density at radius 2 is 0.780 bits per heavy atom. The van der Waals surface area contributed by atoms with Crippen molar-refractivity contribution >= 4 is 21.5 Å². The quantitative estimate of drug-likeness (QED) is 0.170. The molecular weight excluding hydrogens is 607 g/mol. The third kappa shape index (κ3) is 5.32. The van der Waals surface area contributed by atoms with Gasteiger partial charge in [-0.15, -0.1) is 0 Å². The number of pyridine rings is 1. The summed E-state index contributed by atoms with van der Waals surface area (Å²) in [5.74, 6) is 0.663. The van der Waals surface area contributed by atoms with E-state index in [0.717, 1.165) is 44.9 Å². The topological polar surface area (TPSA) is 38.7 Å². The van der Waals surface area contributed by atoms with E-state index in [1.807, 2.05) is 42.6 Å². The smallest absolute Gasteiger partial charge is 0.161 e. The zero-order valence-electron chi connectivity index (χ0n) is 27.2. The Labute approximate surface area is 291 Å². The Morgan fingerprint density at radius 1 is 0.300 bits per heavy atom. The van der Waals surface area contributed by atoms with Crippen LogP contribution in [-0.2, 0) is 0 Å². The molecule has 0 aliphatic heterocycles. The van der Waals surface area contributed by atoms with Crippen LogP contribution in [0.5, 0.6) is 0 Å². The van der Waals surface area contributed by atoms with Gasteiger partial charge in [-0.3, -0.25) is 4.98 Å². The molecule has 0 bridgehead atoms. The van der Waals surface area contributed by atoms with E-state index in [1.165, 1.54) is 38.2 Å². The Morgan fingerprint density at radius 3 is 1.40 bits per heavy atom. The van der Waals surface area contributed by atoms with Gasteiger partial charge in [-0.1, -0.05) is 158 Å². The van der Waals surface area contributed by atoms with E-state index in [4.69, 9.17) is 9.97 Å². The second-order valence-electron chi connectivity index (χ2n) is 12.4. The van der Waals surface area contributed by atoms with Gasteiger partial charge in [0, 0.05) is 28.5 Å². The third-order valence-electron chi connectivity index (χ3n) is 9.35. The van der Waals surface area contributed by atoms with E-state index in [0.29, 0.717) is 5.82 Å². The van der Waals surface area contributed by atoms with E-state index >= 15 is 0 Å². The molecule has 2 heterocycles. The summed E-state index contributed by atoms with van der Waals surface area (Å²) in [7, 11) is 0. The van der Waals surface area contributed by atoms with Gasteiger partial charge in [-0.25, -0.2) is 9.97 Å². The Kier molecular flexibility index (Phi) is 7.49. The molecule has 2 aromatic heterocycles. The average Bonchev–Trinajstić information content (AvgIpc) is 3.20. The molecule has 0 saturated heterocycles. The van der Waals surface area contributed by atoms with Crippen molar-refractivity contribution in [1.29, 1.82) is 0 Å². The minimum absolute atomic E-state index is 0.663. The van der Waals surface area contributed by atoms with Crippen molar-refractivity contribution in [3.63, 3.8) is 0 Å². The van der Waals surface area contributed by atoms with Gasteiger partial charge in [0.25, 0.3) is 0 Å². The molecule has 0 N–H and O–H groups in total. The summed E-state index contributed by atoms with van der Waals surface area (Å²) < 4.78 is 0. The van der Waals surface area contributed by atoms with Crippen LogP contribution in [0.4, 0.5) is 0 Å². The molecular formula is C47H31N3. The van der Waals surface area contributed by atoms with Gasteiger partial charge in [-0.05, 0) is 68.1 Å². The average molecular weight is 638 g/mol. The van der Waals surface area contributed by atoms with Crippen LogP contribution in [-0.4, -0.2) is 15.0 Å². The lowest BCUT2D eigenvalue weighted by molar-refractivity contribution is 1.18. The minimum atomic E-state index is 0.663. The number of rotatable bonds is 6. The van der Waals surface area contributed by atoms with Gasteiger partial charge in [0.05, 0.1) is 17.1 Å². The van der Waals surface area contributed by atoms with Crippen molar-refractivity contribution in [2.75, 3.05) is 0 Å². The number of fused-ring (bicyclic) bond motifs is 2. The van der Waals surface area contributed by atoms with Gasteiger partial charge >= 0.3 is 0 Å². The maximum Gasteiger partial charge on any atom is 0.161 e. The maximum absolute atomic E-state index is 5.26. The highest BCUT2D eigenvalue weighted by Crippen LogP contribution is 2.44. The predicted molar refractivity (Wildman–Crippen MR) is 207 cm³/mol. The summed E-state index contributed by atoms with van der Waals surface area (Å²) >= 11 is 0. The molecule has 9 aromatic rings. The molecule has 9 rings (SSSR count). The molecule has 0 saturated carbocycles. The first-order valence-corrected chi connectivity index (χ1v) is 16.9. The van der Waals surface area contributed by atoms with Crippen LogP contribution in [0, 0.1) is 0 Å². The highest BCUT2D eigenvalue weighted by atomic mass is 14.9. The van der Waals surface area contributed by atoms with Crippen molar-refractivity contribution in [2.45, 2.75) is 0 Å². The Bertz CT molecular complexity index is 2580. The largest absolute Gasteiger partial charge is 0.256 e. The molecule has 0 spiro atoms. The summed E-state index contributed by atoms with van der Waals surface area (Å²) in [6.45, 7) is 0. The van der Waals surface area contributed by atoms with Crippen molar-refractivity contribution in [3.8, 4) is 67.4 Å². The second-order valence-corrected chi connectivity index (χ2v) is 12.4. The molecule has 50 heavy (non-hydrogen) atoms. The normalized spacial score (nSPS) is 11.2. The number of hydrogen-bond donors (Lipinski definition) is 0. The van der Waals surface area contributed by atoms with Gasteiger partial charge in [-0.2, -0.15) is 0 Å². The van der Waals surface area contributed by atoms with E-state index in [1.54, 1.807) is 0 Å². The SMILES string of the molecule is c1ccc(-c2cc(-c3cccc(-c4c5ccccc5c(-c5ccccc5)c5ccccc45)c3)nc(-c3ccccc3-c3ccccn3)n2)cc1. The Hall–Kier alpha value is -6.71. The summed E-state index contributed by atoms with van der Waals surface area (Å²) in [6.07, 6.45) is 1.82. The molecule has 0 fully saturated rings. The van der Waals surface area contributed by atoms with Crippen molar-refractivity contribution in [3.05, 3.63) is 188 Å². The first-order chi connectivity index (χ1) is 24.8. The van der Waals surface area contributed by atoms with Crippen LogP contribution >= 0.6 is 0 Å². The van der Waals surface area contributed by atoms with Gasteiger partial charge in [0.2, 0.25) is 0 Å². The minimum Gasteiger partial charge on any atom is -0.256 e.